The number of aromatic nitrogens is 1. The molecule has 1 heterocycles. The van der Waals surface area contributed by atoms with E-state index in [0.717, 1.165) is 17.0 Å². The highest BCUT2D eigenvalue weighted by molar-refractivity contribution is 7.09. The van der Waals surface area contributed by atoms with Gasteiger partial charge in [0.2, 0.25) is 0 Å². The largest absolute Gasteiger partial charge is 0.373 e. The molecule has 0 aliphatic heterocycles. The van der Waals surface area contributed by atoms with Crippen LogP contribution in [0.4, 0.5) is 5.69 Å². The van der Waals surface area contributed by atoms with Gasteiger partial charge in [0.1, 0.15) is 6.61 Å². The summed E-state index contributed by atoms with van der Waals surface area (Å²) in [5.74, 6) is -0.189. The predicted octanol–water partition coefficient (Wildman–Crippen LogP) is 2.80. The van der Waals surface area contributed by atoms with Crippen LogP contribution in [-0.2, 0) is 11.2 Å². The van der Waals surface area contributed by atoms with Gasteiger partial charge in [-0.1, -0.05) is 0 Å². The van der Waals surface area contributed by atoms with Crippen molar-refractivity contribution in [1.29, 1.82) is 0 Å². The SMILES string of the molecule is Cc1ncsc1CCOCC(=O)c1ccc([N+](=O)[O-])cc1. The maximum atomic E-state index is 11.8. The molecule has 0 saturated carbocycles. The van der Waals surface area contributed by atoms with Crippen LogP contribution >= 0.6 is 11.3 Å². The molecule has 0 fully saturated rings. The van der Waals surface area contributed by atoms with Gasteiger partial charge in [0.15, 0.2) is 5.78 Å². The molecule has 0 N–H and O–H groups in total. The van der Waals surface area contributed by atoms with Crippen molar-refractivity contribution in [2.45, 2.75) is 13.3 Å². The lowest BCUT2D eigenvalue weighted by atomic mass is 10.1. The number of nitro groups is 1. The molecule has 0 radical (unpaired) electrons. The van der Waals surface area contributed by atoms with Gasteiger partial charge in [-0.25, -0.2) is 4.98 Å². The molecule has 0 aliphatic rings. The van der Waals surface area contributed by atoms with Crippen LogP contribution in [0.25, 0.3) is 0 Å². The van der Waals surface area contributed by atoms with Crippen molar-refractivity contribution >= 4 is 22.8 Å². The van der Waals surface area contributed by atoms with Gasteiger partial charge in [-0.3, -0.25) is 14.9 Å². The Kier molecular flexibility index (Phi) is 5.13. The number of rotatable bonds is 7. The normalized spacial score (nSPS) is 10.5. The highest BCUT2D eigenvalue weighted by atomic mass is 32.1. The van der Waals surface area contributed by atoms with E-state index in [1.165, 1.54) is 24.3 Å². The lowest BCUT2D eigenvalue weighted by Crippen LogP contribution is -2.11. The molecule has 21 heavy (non-hydrogen) atoms. The first kappa shape index (κ1) is 15.3. The summed E-state index contributed by atoms with van der Waals surface area (Å²) in [6, 6.07) is 5.51. The number of aryl methyl sites for hydroxylation is 1. The minimum atomic E-state index is -0.498. The van der Waals surface area contributed by atoms with Gasteiger partial charge < -0.3 is 4.74 Å². The lowest BCUT2D eigenvalue weighted by molar-refractivity contribution is -0.384. The molecule has 0 saturated heterocycles. The predicted molar refractivity (Wildman–Crippen MR) is 78.8 cm³/mol. The summed E-state index contributed by atoms with van der Waals surface area (Å²) in [6.45, 7) is 2.35. The molecule has 2 aromatic rings. The summed E-state index contributed by atoms with van der Waals surface area (Å²) in [7, 11) is 0. The number of nitro benzene ring substituents is 1. The van der Waals surface area contributed by atoms with Crippen molar-refractivity contribution in [3.63, 3.8) is 0 Å². The minimum Gasteiger partial charge on any atom is -0.373 e. The molecular weight excluding hydrogens is 292 g/mol. The second-order valence-electron chi connectivity index (χ2n) is 4.39. The molecule has 7 heteroatoms. The Hall–Kier alpha value is -2.12. The van der Waals surface area contributed by atoms with E-state index >= 15 is 0 Å². The van der Waals surface area contributed by atoms with E-state index in [9.17, 15) is 14.9 Å². The number of ether oxygens (including phenoxy) is 1. The Morgan fingerprint density at radius 1 is 1.38 bits per heavy atom. The van der Waals surface area contributed by atoms with Crippen LogP contribution in [-0.4, -0.2) is 28.9 Å². The molecule has 6 nitrogen and oxygen atoms in total. The van der Waals surface area contributed by atoms with E-state index < -0.39 is 4.92 Å². The van der Waals surface area contributed by atoms with Crippen molar-refractivity contribution in [3.05, 3.63) is 56.0 Å². The minimum absolute atomic E-state index is 0.0321. The van der Waals surface area contributed by atoms with Crippen LogP contribution in [0.3, 0.4) is 0 Å². The second kappa shape index (κ2) is 7.05. The Balaban J connectivity index is 1.79. The van der Waals surface area contributed by atoms with Gasteiger partial charge in [-0.15, -0.1) is 11.3 Å². The Labute approximate surface area is 125 Å². The van der Waals surface area contributed by atoms with Crippen LogP contribution in [0, 0.1) is 17.0 Å². The summed E-state index contributed by atoms with van der Waals surface area (Å²) in [4.78, 5) is 27.2. The topological polar surface area (TPSA) is 82.3 Å². The highest BCUT2D eigenvalue weighted by Gasteiger charge is 2.10. The van der Waals surface area contributed by atoms with Crippen molar-refractivity contribution in [2.24, 2.45) is 0 Å². The first-order valence-electron chi connectivity index (χ1n) is 6.32. The van der Waals surface area contributed by atoms with E-state index in [4.69, 9.17) is 4.74 Å². The number of hydrogen-bond donors (Lipinski definition) is 0. The molecule has 0 amide bonds. The summed E-state index contributed by atoms with van der Waals surface area (Å²) in [6.07, 6.45) is 0.726. The summed E-state index contributed by atoms with van der Waals surface area (Å²) in [5, 5.41) is 10.5. The molecule has 0 unspecified atom stereocenters. The molecule has 110 valence electrons. The summed E-state index contributed by atoms with van der Waals surface area (Å²) in [5.41, 5.74) is 3.15. The number of nitrogens with zero attached hydrogens (tertiary/aromatic N) is 2. The Bertz CT molecular complexity index is 637. The molecule has 1 aromatic heterocycles. The van der Waals surface area contributed by atoms with Crippen LogP contribution in [0.1, 0.15) is 20.9 Å². The van der Waals surface area contributed by atoms with Gasteiger partial charge in [-0.2, -0.15) is 0 Å². The number of benzene rings is 1. The molecule has 0 atom stereocenters. The van der Waals surface area contributed by atoms with Crippen LogP contribution in [0.2, 0.25) is 0 Å². The number of non-ortho nitro benzene ring substituents is 1. The molecule has 0 spiro atoms. The Morgan fingerprint density at radius 3 is 2.67 bits per heavy atom. The van der Waals surface area contributed by atoms with E-state index in [-0.39, 0.29) is 18.1 Å². The Morgan fingerprint density at radius 2 is 2.10 bits per heavy atom. The van der Waals surface area contributed by atoms with Gasteiger partial charge in [0.05, 0.1) is 22.7 Å². The molecule has 0 bridgehead atoms. The smallest absolute Gasteiger partial charge is 0.269 e. The first-order valence-corrected chi connectivity index (χ1v) is 7.20. The third-order valence-electron chi connectivity index (χ3n) is 2.95. The number of carbonyl (C=O) groups excluding carboxylic acids is 1. The third-order valence-corrected chi connectivity index (χ3v) is 3.95. The van der Waals surface area contributed by atoms with Crippen molar-refractivity contribution in [1.82, 2.24) is 4.98 Å². The molecule has 0 aliphatic carbocycles. The zero-order valence-corrected chi connectivity index (χ0v) is 12.3. The molecular formula is C14H14N2O4S. The average Bonchev–Trinajstić information content (AvgIpc) is 2.89. The van der Waals surface area contributed by atoms with E-state index in [0.29, 0.717) is 12.2 Å². The molecule has 1 aromatic carbocycles. The summed E-state index contributed by atoms with van der Waals surface area (Å²) >= 11 is 1.57. The van der Waals surface area contributed by atoms with Crippen LogP contribution in [0.5, 0.6) is 0 Å². The number of hydrogen-bond acceptors (Lipinski definition) is 6. The summed E-state index contributed by atoms with van der Waals surface area (Å²) < 4.78 is 5.35. The lowest BCUT2D eigenvalue weighted by Gasteiger charge is -2.03. The monoisotopic (exact) mass is 306 g/mol. The number of Topliss-reactive ketones (excluding diaryl/α,β-unsaturated/α-hetero) is 1. The fraction of sp³-hybridized carbons (Fsp3) is 0.286. The standard InChI is InChI=1S/C14H14N2O4S/c1-10-14(21-9-15-10)6-7-20-8-13(17)11-2-4-12(5-3-11)16(18)19/h2-5,9H,6-8H2,1H3. The van der Waals surface area contributed by atoms with Crippen molar-refractivity contribution < 1.29 is 14.5 Å². The van der Waals surface area contributed by atoms with Gasteiger partial charge in [0.25, 0.3) is 5.69 Å². The van der Waals surface area contributed by atoms with E-state index in [1.807, 2.05) is 6.92 Å². The van der Waals surface area contributed by atoms with Crippen molar-refractivity contribution in [3.8, 4) is 0 Å². The molecule has 2 rings (SSSR count). The van der Waals surface area contributed by atoms with E-state index in [1.54, 1.807) is 16.8 Å². The maximum Gasteiger partial charge on any atom is 0.269 e. The quantitative estimate of drug-likeness (QED) is 0.340. The number of thiazole rings is 1. The third kappa shape index (κ3) is 4.17. The van der Waals surface area contributed by atoms with Crippen LogP contribution < -0.4 is 0 Å². The van der Waals surface area contributed by atoms with Gasteiger partial charge in [0, 0.05) is 29.0 Å². The maximum absolute atomic E-state index is 11.8. The zero-order valence-electron chi connectivity index (χ0n) is 11.4. The number of carbonyl (C=O) groups is 1. The highest BCUT2D eigenvalue weighted by Crippen LogP contribution is 2.14. The fourth-order valence-electron chi connectivity index (χ4n) is 1.75. The first-order chi connectivity index (χ1) is 10.1. The fourth-order valence-corrected chi connectivity index (χ4v) is 2.51. The number of ketones is 1. The zero-order chi connectivity index (χ0) is 15.2. The van der Waals surface area contributed by atoms with Crippen molar-refractivity contribution in [2.75, 3.05) is 13.2 Å². The average molecular weight is 306 g/mol. The van der Waals surface area contributed by atoms with Gasteiger partial charge in [-0.05, 0) is 19.1 Å². The van der Waals surface area contributed by atoms with Crippen LogP contribution in [0.15, 0.2) is 29.8 Å². The van der Waals surface area contributed by atoms with E-state index in [2.05, 4.69) is 4.98 Å². The van der Waals surface area contributed by atoms with Gasteiger partial charge >= 0.3 is 0 Å². The second-order valence-corrected chi connectivity index (χ2v) is 5.33.